The number of aryl methyl sites for hydroxylation is 3. The van der Waals surface area contributed by atoms with Crippen LogP contribution in [0.1, 0.15) is 58.3 Å². The molecule has 7 heteroatoms. The lowest BCUT2D eigenvalue weighted by atomic mass is 9.99. The maximum atomic E-state index is 12.8. The average molecular weight is 501 g/mol. The maximum absolute atomic E-state index is 12.8. The quantitative estimate of drug-likeness (QED) is 0.398. The number of nitrogens with one attached hydrogen (secondary N) is 4. The van der Waals surface area contributed by atoms with E-state index in [1.54, 1.807) is 0 Å². The van der Waals surface area contributed by atoms with Crippen molar-refractivity contribution in [2.75, 3.05) is 18.4 Å². The molecule has 2 aliphatic carbocycles. The zero-order chi connectivity index (χ0) is 26.4. The second kappa shape index (κ2) is 11.9. The Morgan fingerprint density at radius 2 is 1.70 bits per heavy atom. The van der Waals surface area contributed by atoms with Crippen molar-refractivity contribution in [1.29, 1.82) is 0 Å². The zero-order valence-electron chi connectivity index (χ0n) is 21.9. The van der Waals surface area contributed by atoms with Gasteiger partial charge >= 0.3 is 6.03 Å². The third kappa shape index (κ3) is 6.88. The molecule has 7 nitrogen and oxygen atoms in total. The van der Waals surface area contributed by atoms with E-state index in [-0.39, 0.29) is 23.9 Å². The number of allylic oxidation sites excluding steroid dienone is 2. The highest BCUT2D eigenvalue weighted by Crippen LogP contribution is 2.33. The van der Waals surface area contributed by atoms with Gasteiger partial charge in [-0.3, -0.25) is 9.59 Å². The number of carbonyl (C=O) groups excluding carboxylic acids is 3. The van der Waals surface area contributed by atoms with Gasteiger partial charge in [-0.2, -0.15) is 0 Å². The first-order valence-electron chi connectivity index (χ1n) is 13.0. The van der Waals surface area contributed by atoms with Gasteiger partial charge in [-0.25, -0.2) is 4.79 Å². The van der Waals surface area contributed by atoms with Gasteiger partial charge in [0, 0.05) is 24.3 Å². The van der Waals surface area contributed by atoms with E-state index in [2.05, 4.69) is 33.4 Å². The minimum atomic E-state index is -0.218. The lowest BCUT2D eigenvalue weighted by Gasteiger charge is -2.18. The summed E-state index contributed by atoms with van der Waals surface area (Å²) in [6.45, 7) is 6.36. The van der Waals surface area contributed by atoms with Crippen LogP contribution in [-0.4, -0.2) is 37.0 Å². The number of benzene rings is 2. The van der Waals surface area contributed by atoms with Crippen LogP contribution in [0.3, 0.4) is 0 Å². The third-order valence-electron chi connectivity index (χ3n) is 6.92. The lowest BCUT2D eigenvalue weighted by molar-refractivity contribution is -0.115. The third-order valence-corrected chi connectivity index (χ3v) is 6.92. The van der Waals surface area contributed by atoms with Gasteiger partial charge < -0.3 is 21.3 Å². The van der Waals surface area contributed by atoms with Gasteiger partial charge in [0.25, 0.3) is 5.91 Å². The Morgan fingerprint density at radius 1 is 0.946 bits per heavy atom. The van der Waals surface area contributed by atoms with Crippen LogP contribution in [0.15, 0.2) is 59.7 Å². The van der Waals surface area contributed by atoms with Gasteiger partial charge in [0.2, 0.25) is 5.91 Å². The van der Waals surface area contributed by atoms with Crippen molar-refractivity contribution in [2.24, 2.45) is 0 Å². The Morgan fingerprint density at radius 3 is 2.46 bits per heavy atom. The molecule has 0 radical (unpaired) electrons. The van der Waals surface area contributed by atoms with Crippen LogP contribution >= 0.6 is 0 Å². The van der Waals surface area contributed by atoms with Gasteiger partial charge in [0.1, 0.15) is 0 Å². The molecule has 1 unspecified atom stereocenters. The van der Waals surface area contributed by atoms with Crippen LogP contribution in [0.5, 0.6) is 0 Å². The van der Waals surface area contributed by atoms with Gasteiger partial charge in [0.15, 0.2) is 0 Å². The van der Waals surface area contributed by atoms with Crippen LogP contribution in [0, 0.1) is 20.8 Å². The lowest BCUT2D eigenvalue weighted by Crippen LogP contribution is -2.44. The van der Waals surface area contributed by atoms with Crippen molar-refractivity contribution in [3.63, 3.8) is 0 Å². The molecule has 0 saturated heterocycles. The summed E-state index contributed by atoms with van der Waals surface area (Å²) in [5.74, 6) is -0.302. The molecule has 2 aromatic rings. The number of carbonyl (C=O) groups is 3. The molecule has 0 spiro atoms. The first-order chi connectivity index (χ1) is 17.8. The monoisotopic (exact) mass is 500 g/mol. The van der Waals surface area contributed by atoms with Crippen molar-refractivity contribution in [3.05, 3.63) is 87.5 Å². The fourth-order valence-electron chi connectivity index (χ4n) is 5.24. The first kappa shape index (κ1) is 26.2. The highest BCUT2D eigenvalue weighted by atomic mass is 16.2. The van der Waals surface area contributed by atoms with E-state index in [0.29, 0.717) is 30.8 Å². The number of hydrogen-bond donors (Lipinski definition) is 4. The van der Waals surface area contributed by atoms with Crippen molar-refractivity contribution < 1.29 is 14.4 Å². The molecule has 2 aromatic carbocycles. The maximum Gasteiger partial charge on any atom is 0.315 e. The number of urea groups is 1. The summed E-state index contributed by atoms with van der Waals surface area (Å²) in [6.07, 6.45) is 8.77. The second-order valence-electron chi connectivity index (χ2n) is 9.95. The van der Waals surface area contributed by atoms with Crippen molar-refractivity contribution in [1.82, 2.24) is 16.0 Å². The van der Waals surface area contributed by atoms with E-state index in [4.69, 9.17) is 0 Å². The number of anilines is 1. The molecule has 1 atom stereocenters. The zero-order valence-corrected chi connectivity index (χ0v) is 21.9. The summed E-state index contributed by atoms with van der Waals surface area (Å²) in [4.78, 5) is 37.7. The molecule has 0 heterocycles. The van der Waals surface area contributed by atoms with E-state index in [1.165, 1.54) is 11.1 Å². The molecule has 0 bridgehead atoms. The summed E-state index contributed by atoms with van der Waals surface area (Å²) in [5.41, 5.74) is 7.60. The molecule has 37 heavy (non-hydrogen) atoms. The van der Waals surface area contributed by atoms with Crippen molar-refractivity contribution in [2.45, 2.75) is 58.9 Å². The average Bonchev–Trinajstić information content (AvgIpc) is 3.24. The Hall–Kier alpha value is -3.87. The molecular weight excluding hydrogens is 464 g/mol. The molecular formula is C30H36N4O3. The molecule has 194 valence electrons. The van der Waals surface area contributed by atoms with Crippen LogP contribution in [-0.2, 0) is 11.2 Å². The van der Waals surface area contributed by atoms with E-state index >= 15 is 0 Å². The summed E-state index contributed by atoms with van der Waals surface area (Å²) < 4.78 is 0. The highest BCUT2D eigenvalue weighted by molar-refractivity contribution is 5.99. The summed E-state index contributed by atoms with van der Waals surface area (Å²) in [7, 11) is 0. The minimum absolute atomic E-state index is 0.0715. The van der Waals surface area contributed by atoms with Crippen LogP contribution < -0.4 is 21.3 Å². The predicted molar refractivity (Wildman–Crippen MR) is 147 cm³/mol. The summed E-state index contributed by atoms with van der Waals surface area (Å²) >= 11 is 0. The van der Waals surface area contributed by atoms with Gasteiger partial charge in [-0.05, 0) is 80.9 Å². The predicted octanol–water partition coefficient (Wildman–Crippen LogP) is 4.63. The standard InChI is InChI=1S/C30H36N4O3/c1-19-7-6-8-22(15-19)18-27(35)33-24-16-20(2)28(21(3)17-24)29(36)31-13-14-32-30(37)34-26-12-11-23-9-4-5-10-25(23)26/h5-8,10,15-17,26H,4,9,11-14,18H2,1-3H3,(H,31,36)(H,33,35)(H2,32,34,37). The SMILES string of the molecule is Cc1cccc(CC(=O)Nc2cc(C)c(C(=O)NCCNC(=O)NC3CCC4=C3C=CCC4)c(C)c2)c1. The Kier molecular flexibility index (Phi) is 8.43. The smallest absolute Gasteiger partial charge is 0.315 e. The first-order valence-corrected chi connectivity index (χ1v) is 13.0. The largest absolute Gasteiger partial charge is 0.350 e. The van der Waals surface area contributed by atoms with Crippen molar-refractivity contribution >= 4 is 23.5 Å². The molecule has 0 fully saturated rings. The van der Waals surface area contributed by atoms with E-state index < -0.39 is 0 Å². The molecule has 4 rings (SSSR count). The molecule has 0 saturated carbocycles. The van der Waals surface area contributed by atoms with Crippen LogP contribution in [0.25, 0.3) is 0 Å². The molecule has 4 N–H and O–H groups in total. The Bertz CT molecular complexity index is 1240. The highest BCUT2D eigenvalue weighted by Gasteiger charge is 2.26. The fraction of sp³-hybridized carbons (Fsp3) is 0.367. The van der Waals surface area contributed by atoms with Crippen molar-refractivity contribution in [3.8, 4) is 0 Å². The van der Waals surface area contributed by atoms with E-state index in [0.717, 1.165) is 47.9 Å². The Balaban J connectivity index is 1.23. The van der Waals surface area contributed by atoms with E-state index in [1.807, 2.05) is 57.2 Å². The van der Waals surface area contributed by atoms with Crippen LogP contribution in [0.2, 0.25) is 0 Å². The van der Waals surface area contributed by atoms with Gasteiger partial charge in [-0.15, -0.1) is 0 Å². The molecule has 2 aliphatic rings. The topological polar surface area (TPSA) is 99.3 Å². The number of rotatable bonds is 8. The minimum Gasteiger partial charge on any atom is -0.350 e. The Labute approximate surface area is 218 Å². The summed E-state index contributed by atoms with van der Waals surface area (Å²) in [6, 6.07) is 11.4. The normalized spacial score (nSPS) is 16.2. The molecule has 0 aromatic heterocycles. The van der Waals surface area contributed by atoms with E-state index in [9.17, 15) is 14.4 Å². The molecule has 4 amide bonds. The molecule has 0 aliphatic heterocycles. The fourth-order valence-corrected chi connectivity index (χ4v) is 5.24. The van der Waals surface area contributed by atoms with Gasteiger partial charge in [0.05, 0.1) is 12.5 Å². The number of amides is 4. The van der Waals surface area contributed by atoms with Crippen LogP contribution in [0.4, 0.5) is 10.5 Å². The second-order valence-corrected chi connectivity index (χ2v) is 9.95. The number of hydrogen-bond acceptors (Lipinski definition) is 3. The summed E-state index contributed by atoms with van der Waals surface area (Å²) in [5, 5.41) is 11.7. The van der Waals surface area contributed by atoms with Gasteiger partial charge in [-0.1, -0.05) is 47.6 Å².